The zero-order valence-corrected chi connectivity index (χ0v) is 21.4. The van der Waals surface area contributed by atoms with Crippen LogP contribution in [0.3, 0.4) is 0 Å². The van der Waals surface area contributed by atoms with Gasteiger partial charge in [0.15, 0.2) is 0 Å². The number of allylic oxidation sites excluding steroid dienone is 1. The summed E-state index contributed by atoms with van der Waals surface area (Å²) in [6.07, 6.45) is 10.1. The van der Waals surface area contributed by atoms with E-state index in [9.17, 15) is 8.42 Å². The third kappa shape index (κ3) is 4.63. The number of H-pyrrole nitrogens is 1. The van der Waals surface area contributed by atoms with Crippen molar-refractivity contribution in [2.24, 2.45) is 0 Å². The van der Waals surface area contributed by atoms with Crippen LogP contribution in [0.2, 0.25) is 0 Å². The van der Waals surface area contributed by atoms with Gasteiger partial charge in [0.25, 0.3) is 0 Å². The van der Waals surface area contributed by atoms with Crippen LogP contribution in [0.1, 0.15) is 10.8 Å². The van der Waals surface area contributed by atoms with Crippen molar-refractivity contribution < 1.29 is 13.2 Å². The van der Waals surface area contributed by atoms with Gasteiger partial charge in [-0.3, -0.25) is 10.00 Å². The highest BCUT2D eigenvalue weighted by molar-refractivity contribution is 8.04. The number of thioether (sulfide) groups is 1. The molecule has 1 aromatic heterocycles. The van der Waals surface area contributed by atoms with Crippen molar-refractivity contribution in [3.63, 3.8) is 0 Å². The molecule has 35 heavy (non-hydrogen) atoms. The maximum Gasteiger partial charge on any atom is 0.211 e. The fourth-order valence-corrected chi connectivity index (χ4v) is 7.29. The number of benzene rings is 1. The van der Waals surface area contributed by atoms with E-state index in [0.717, 1.165) is 51.6 Å². The van der Waals surface area contributed by atoms with Crippen molar-refractivity contribution in [1.29, 1.82) is 0 Å². The number of sulfonamides is 1. The molecule has 5 heterocycles. The molecule has 4 aliphatic rings. The molecule has 9 nitrogen and oxygen atoms in total. The minimum absolute atomic E-state index is 0.222. The zero-order valence-electron chi connectivity index (χ0n) is 19.8. The fourth-order valence-electron chi connectivity index (χ4n) is 5.16. The van der Waals surface area contributed by atoms with E-state index in [1.807, 2.05) is 18.0 Å². The summed E-state index contributed by atoms with van der Waals surface area (Å²) in [6, 6.07) is 6.35. The maximum absolute atomic E-state index is 11.9. The summed E-state index contributed by atoms with van der Waals surface area (Å²) < 4.78 is 31.0. The quantitative estimate of drug-likeness (QED) is 0.650. The molecule has 186 valence electrons. The summed E-state index contributed by atoms with van der Waals surface area (Å²) in [5.74, 6) is 0. The molecular weight excluding hydrogens is 484 g/mol. The number of fused-ring (bicyclic) bond motifs is 2. The van der Waals surface area contributed by atoms with Crippen LogP contribution in [0.4, 0.5) is 0 Å². The van der Waals surface area contributed by atoms with E-state index >= 15 is 0 Å². The van der Waals surface area contributed by atoms with E-state index < -0.39 is 10.0 Å². The molecule has 0 saturated carbocycles. The Kier molecular flexibility index (Phi) is 6.13. The van der Waals surface area contributed by atoms with E-state index in [4.69, 9.17) is 4.74 Å². The van der Waals surface area contributed by atoms with E-state index in [2.05, 4.69) is 61.6 Å². The summed E-state index contributed by atoms with van der Waals surface area (Å²) in [5, 5.41) is 8.73. The second kappa shape index (κ2) is 9.29. The molecule has 2 aromatic rings. The Hall–Kier alpha value is -2.31. The Bertz CT molecular complexity index is 1300. The maximum atomic E-state index is 11.9. The standard InChI is InChI=1S/C24H30N6O3S2/c1-35(31,32)30-7-5-27(6-8-30)17-28-15-22(29-9-11-33-12-10-29)19-13-23(34-24(19)16-28)18-3-2-4-21-20(18)14-25-26-21/h2-4,13-16,23H,5-12,17H2,1H3,(H,25,26). The van der Waals surface area contributed by atoms with Gasteiger partial charge in [-0.2, -0.15) is 9.40 Å². The van der Waals surface area contributed by atoms with Gasteiger partial charge < -0.3 is 14.5 Å². The number of ether oxygens (including phenoxy) is 1. The van der Waals surface area contributed by atoms with Crippen molar-refractivity contribution in [3.05, 3.63) is 64.6 Å². The van der Waals surface area contributed by atoms with Crippen molar-refractivity contribution >= 4 is 32.7 Å². The third-order valence-electron chi connectivity index (χ3n) is 7.02. The molecule has 2 fully saturated rings. The number of hydrogen-bond donors (Lipinski definition) is 1. The summed E-state index contributed by atoms with van der Waals surface area (Å²) in [4.78, 5) is 8.29. The van der Waals surface area contributed by atoms with Gasteiger partial charge in [0.2, 0.25) is 10.0 Å². The number of piperazine rings is 1. The number of aromatic amines is 1. The molecule has 1 N–H and O–H groups in total. The number of nitrogens with one attached hydrogen (secondary N) is 1. The second-order valence-corrected chi connectivity index (χ2v) is 12.5. The molecule has 0 radical (unpaired) electrons. The minimum Gasteiger partial charge on any atom is -0.378 e. The summed E-state index contributed by atoms with van der Waals surface area (Å²) in [7, 11) is -3.13. The molecule has 0 amide bonds. The van der Waals surface area contributed by atoms with Gasteiger partial charge in [-0.1, -0.05) is 18.2 Å². The van der Waals surface area contributed by atoms with E-state index in [1.165, 1.54) is 33.4 Å². The predicted molar refractivity (Wildman–Crippen MR) is 138 cm³/mol. The van der Waals surface area contributed by atoms with Crippen LogP contribution in [-0.2, 0) is 14.8 Å². The average Bonchev–Trinajstić information content (AvgIpc) is 3.51. The Morgan fingerprint density at radius 1 is 1.11 bits per heavy atom. The SMILES string of the molecule is CS(=O)(=O)N1CCN(CN2C=C3SC(c4cccc5[nH]ncc45)C=C3C(N3CCOCC3)=C2)CC1. The monoisotopic (exact) mass is 514 g/mol. The van der Waals surface area contributed by atoms with Crippen LogP contribution in [0.25, 0.3) is 10.9 Å². The molecule has 2 saturated heterocycles. The van der Waals surface area contributed by atoms with Gasteiger partial charge in [-0.25, -0.2) is 8.42 Å². The van der Waals surface area contributed by atoms with Crippen molar-refractivity contribution in [3.8, 4) is 0 Å². The molecule has 0 spiro atoms. The van der Waals surface area contributed by atoms with Crippen molar-refractivity contribution in [2.45, 2.75) is 5.25 Å². The summed E-state index contributed by atoms with van der Waals surface area (Å²) in [6.45, 7) is 6.52. The van der Waals surface area contributed by atoms with Gasteiger partial charge >= 0.3 is 0 Å². The van der Waals surface area contributed by atoms with Gasteiger partial charge in [0.1, 0.15) is 0 Å². The Balaban J connectivity index is 1.26. The van der Waals surface area contributed by atoms with Crippen molar-refractivity contribution in [2.75, 3.05) is 65.4 Å². The molecule has 0 aliphatic carbocycles. The van der Waals surface area contributed by atoms with Crippen LogP contribution in [0, 0.1) is 0 Å². The molecule has 6 rings (SSSR count). The van der Waals surface area contributed by atoms with E-state index in [-0.39, 0.29) is 5.25 Å². The molecule has 1 atom stereocenters. The fraction of sp³-hybridized carbons (Fsp3) is 0.458. The summed E-state index contributed by atoms with van der Waals surface area (Å²) in [5.41, 5.74) is 4.87. The van der Waals surface area contributed by atoms with Crippen LogP contribution in [0.5, 0.6) is 0 Å². The van der Waals surface area contributed by atoms with E-state index in [1.54, 1.807) is 4.31 Å². The Morgan fingerprint density at radius 2 is 1.91 bits per heavy atom. The van der Waals surface area contributed by atoms with Crippen LogP contribution < -0.4 is 0 Å². The van der Waals surface area contributed by atoms with Gasteiger partial charge in [0.05, 0.1) is 48.8 Å². The normalized spacial score (nSPS) is 24.4. The largest absolute Gasteiger partial charge is 0.378 e. The topological polar surface area (TPSA) is 85.0 Å². The number of aromatic nitrogens is 2. The van der Waals surface area contributed by atoms with Gasteiger partial charge in [-0.15, -0.1) is 11.8 Å². The lowest BCUT2D eigenvalue weighted by atomic mass is 10.0. The third-order valence-corrected chi connectivity index (χ3v) is 9.55. The lowest BCUT2D eigenvalue weighted by Gasteiger charge is -2.38. The highest BCUT2D eigenvalue weighted by Crippen LogP contribution is 2.51. The van der Waals surface area contributed by atoms with Crippen molar-refractivity contribution in [1.82, 2.24) is 29.2 Å². The molecule has 4 aliphatic heterocycles. The van der Waals surface area contributed by atoms with Gasteiger partial charge in [0, 0.05) is 67.5 Å². The molecule has 1 unspecified atom stereocenters. The molecular formula is C24H30N6O3S2. The number of hydrogen-bond acceptors (Lipinski definition) is 8. The molecule has 0 bridgehead atoms. The minimum atomic E-state index is -3.13. The highest BCUT2D eigenvalue weighted by atomic mass is 32.2. The first-order valence-electron chi connectivity index (χ1n) is 12.0. The Labute approximate surface area is 210 Å². The molecule has 1 aromatic carbocycles. The van der Waals surface area contributed by atoms with E-state index in [0.29, 0.717) is 13.1 Å². The number of morpholine rings is 1. The number of nitrogens with zero attached hydrogens (tertiary/aromatic N) is 5. The lowest BCUT2D eigenvalue weighted by molar-refractivity contribution is 0.0535. The predicted octanol–water partition coefficient (Wildman–Crippen LogP) is 2.14. The van der Waals surface area contributed by atoms with Crippen LogP contribution in [0.15, 0.2) is 59.0 Å². The average molecular weight is 515 g/mol. The highest BCUT2D eigenvalue weighted by Gasteiger charge is 2.33. The lowest BCUT2D eigenvalue weighted by Crippen LogP contribution is -2.50. The Morgan fingerprint density at radius 3 is 2.69 bits per heavy atom. The molecule has 11 heteroatoms. The first kappa shape index (κ1) is 23.1. The number of rotatable bonds is 5. The first-order chi connectivity index (χ1) is 17.0. The van der Waals surface area contributed by atoms with Crippen LogP contribution >= 0.6 is 11.8 Å². The van der Waals surface area contributed by atoms with Gasteiger partial charge in [-0.05, 0) is 11.6 Å². The first-order valence-corrected chi connectivity index (χ1v) is 14.7. The second-order valence-electron chi connectivity index (χ2n) is 9.34. The zero-order chi connectivity index (χ0) is 24.0. The van der Waals surface area contributed by atoms with Crippen LogP contribution in [-0.4, -0.2) is 103 Å². The smallest absolute Gasteiger partial charge is 0.211 e. The summed E-state index contributed by atoms with van der Waals surface area (Å²) >= 11 is 1.88.